The Morgan fingerprint density at radius 3 is 2.79 bits per heavy atom. The normalized spacial score (nSPS) is 14.3. The highest BCUT2D eigenvalue weighted by Crippen LogP contribution is 2.19. The number of halogens is 3. The van der Waals surface area contributed by atoms with E-state index in [0.717, 1.165) is 0 Å². The quantitative estimate of drug-likeness (QED) is 0.624. The first-order valence-corrected chi connectivity index (χ1v) is 5.40. The van der Waals surface area contributed by atoms with Crippen molar-refractivity contribution in [3.8, 4) is 0 Å². The molecule has 0 bridgehead atoms. The first-order chi connectivity index (χ1) is 8.84. The first kappa shape index (κ1) is 15.3. The van der Waals surface area contributed by atoms with Crippen LogP contribution in [0.1, 0.15) is 5.69 Å². The van der Waals surface area contributed by atoms with Gasteiger partial charge in [-0.05, 0) is 0 Å². The average molecular weight is 280 g/mol. The van der Waals surface area contributed by atoms with Crippen LogP contribution < -0.4 is 5.32 Å². The number of nitrogens with one attached hydrogen (secondary N) is 1. The Balaban J connectivity index is 2.50. The number of aliphatic hydroxyl groups is 1. The van der Waals surface area contributed by atoms with Gasteiger partial charge in [0.2, 0.25) is 0 Å². The molecule has 2 N–H and O–H groups in total. The minimum absolute atomic E-state index is 0.214. The second kappa shape index (κ2) is 6.41. The lowest BCUT2D eigenvalue weighted by Crippen LogP contribution is -2.45. The van der Waals surface area contributed by atoms with Crippen molar-refractivity contribution in [2.45, 2.75) is 18.8 Å². The van der Waals surface area contributed by atoms with Crippen molar-refractivity contribution < 1.29 is 22.8 Å². The summed E-state index contributed by atoms with van der Waals surface area (Å²) in [6, 6.07) is 1.63. The van der Waals surface area contributed by atoms with Crippen LogP contribution in [-0.4, -0.2) is 54.0 Å². The van der Waals surface area contributed by atoms with Crippen LogP contribution in [0.5, 0.6) is 0 Å². The molecule has 0 radical (unpaired) electrons. The van der Waals surface area contributed by atoms with E-state index < -0.39 is 18.8 Å². The van der Waals surface area contributed by atoms with Gasteiger partial charge in [-0.3, -0.25) is 4.99 Å². The van der Waals surface area contributed by atoms with E-state index in [1.54, 1.807) is 18.0 Å². The largest absolute Gasteiger partial charge is 0.416 e. The topological polar surface area (TPSA) is 73.9 Å². The van der Waals surface area contributed by atoms with Crippen LogP contribution in [0.15, 0.2) is 21.8 Å². The molecule has 0 spiro atoms. The molecule has 0 amide bonds. The molecule has 108 valence electrons. The molecule has 6 nitrogen and oxygen atoms in total. The van der Waals surface area contributed by atoms with Crippen LogP contribution in [0.3, 0.4) is 0 Å². The lowest BCUT2D eigenvalue weighted by atomic mass is 10.3. The van der Waals surface area contributed by atoms with Crippen molar-refractivity contribution in [2.75, 3.05) is 20.6 Å². The second-order valence-corrected chi connectivity index (χ2v) is 3.83. The third-order valence-corrected chi connectivity index (χ3v) is 2.30. The Bertz CT molecular complexity index is 405. The number of hydrogen-bond donors (Lipinski definition) is 2. The van der Waals surface area contributed by atoms with Crippen molar-refractivity contribution in [1.29, 1.82) is 0 Å². The van der Waals surface area contributed by atoms with E-state index in [-0.39, 0.29) is 5.96 Å². The van der Waals surface area contributed by atoms with E-state index >= 15 is 0 Å². The average Bonchev–Trinajstić information content (AvgIpc) is 2.81. The Hall–Kier alpha value is -1.77. The van der Waals surface area contributed by atoms with E-state index in [9.17, 15) is 13.2 Å². The molecule has 1 aromatic heterocycles. The summed E-state index contributed by atoms with van der Waals surface area (Å²) in [5.74, 6) is 0.214. The number of rotatable bonds is 4. The molecule has 19 heavy (non-hydrogen) atoms. The zero-order valence-corrected chi connectivity index (χ0v) is 10.5. The fourth-order valence-electron chi connectivity index (χ4n) is 1.33. The molecule has 1 unspecified atom stereocenters. The molecular formula is C10H15F3N4O2. The maximum atomic E-state index is 12.1. The van der Waals surface area contributed by atoms with Crippen LogP contribution in [0, 0.1) is 0 Å². The molecule has 1 aromatic rings. The Morgan fingerprint density at radius 1 is 1.63 bits per heavy atom. The summed E-state index contributed by atoms with van der Waals surface area (Å²) >= 11 is 0. The van der Waals surface area contributed by atoms with E-state index in [4.69, 9.17) is 5.11 Å². The standard InChI is InChI=1S/C10H15F3N4O2/c1-14-9(15-5-8(18)10(11,12)13)17(2)6-7-3-4-19-16-7/h3-4,8,18H,5-6H2,1-2H3,(H,14,15). The number of hydrogen-bond acceptors (Lipinski definition) is 4. The molecular weight excluding hydrogens is 265 g/mol. The Labute approximate surface area is 107 Å². The van der Waals surface area contributed by atoms with Gasteiger partial charge >= 0.3 is 6.18 Å². The van der Waals surface area contributed by atoms with Gasteiger partial charge in [-0.15, -0.1) is 0 Å². The SMILES string of the molecule is CN=C(NCC(O)C(F)(F)F)N(C)Cc1ccon1. The van der Waals surface area contributed by atoms with Gasteiger partial charge in [0.15, 0.2) is 12.1 Å². The van der Waals surface area contributed by atoms with Crippen LogP contribution in [-0.2, 0) is 6.54 Å². The minimum atomic E-state index is -4.66. The molecule has 0 saturated carbocycles. The second-order valence-electron chi connectivity index (χ2n) is 3.83. The van der Waals surface area contributed by atoms with Crippen molar-refractivity contribution in [3.63, 3.8) is 0 Å². The van der Waals surface area contributed by atoms with Gasteiger partial charge in [-0.1, -0.05) is 5.16 Å². The molecule has 0 aliphatic heterocycles. The third kappa shape index (κ3) is 4.78. The summed E-state index contributed by atoms with van der Waals surface area (Å²) in [5.41, 5.74) is 0.613. The predicted octanol–water partition coefficient (Wildman–Crippen LogP) is 0.605. The van der Waals surface area contributed by atoms with Gasteiger partial charge in [0.05, 0.1) is 13.1 Å². The maximum Gasteiger partial charge on any atom is 0.416 e. The van der Waals surface area contributed by atoms with Gasteiger partial charge in [0.25, 0.3) is 0 Å². The minimum Gasteiger partial charge on any atom is -0.382 e. The molecule has 9 heteroatoms. The summed E-state index contributed by atoms with van der Waals surface area (Å²) in [5, 5.41) is 15.0. The Kier molecular flexibility index (Phi) is 5.16. The van der Waals surface area contributed by atoms with E-state index in [0.29, 0.717) is 12.2 Å². The van der Waals surface area contributed by atoms with Gasteiger partial charge in [0.1, 0.15) is 12.0 Å². The number of guanidine groups is 1. The monoisotopic (exact) mass is 280 g/mol. The van der Waals surface area contributed by atoms with Gasteiger partial charge in [0, 0.05) is 20.2 Å². The molecule has 0 saturated heterocycles. The van der Waals surface area contributed by atoms with E-state index in [1.165, 1.54) is 13.3 Å². The van der Waals surface area contributed by atoms with Gasteiger partial charge < -0.3 is 19.8 Å². The number of aliphatic imine (C=N–C) groups is 1. The van der Waals surface area contributed by atoms with Crippen molar-refractivity contribution in [2.24, 2.45) is 4.99 Å². The molecule has 1 rings (SSSR count). The molecule has 1 heterocycles. The molecule has 0 aliphatic carbocycles. The highest BCUT2D eigenvalue weighted by Gasteiger charge is 2.38. The summed E-state index contributed by atoms with van der Waals surface area (Å²) in [7, 11) is 3.06. The van der Waals surface area contributed by atoms with Crippen molar-refractivity contribution in [3.05, 3.63) is 18.0 Å². The van der Waals surface area contributed by atoms with Crippen LogP contribution in [0.4, 0.5) is 13.2 Å². The number of aliphatic hydroxyl groups excluding tert-OH is 1. The van der Waals surface area contributed by atoms with Crippen LogP contribution in [0.25, 0.3) is 0 Å². The van der Waals surface area contributed by atoms with Crippen LogP contribution in [0.2, 0.25) is 0 Å². The van der Waals surface area contributed by atoms with E-state index in [2.05, 4.69) is 20.0 Å². The molecule has 0 aromatic carbocycles. The summed E-state index contributed by atoms with van der Waals surface area (Å²) in [4.78, 5) is 5.37. The molecule has 1 atom stereocenters. The number of nitrogens with zero attached hydrogens (tertiary/aromatic N) is 3. The highest BCUT2D eigenvalue weighted by atomic mass is 19.4. The maximum absolute atomic E-state index is 12.1. The van der Waals surface area contributed by atoms with Gasteiger partial charge in [-0.25, -0.2) is 0 Å². The van der Waals surface area contributed by atoms with Crippen molar-refractivity contribution >= 4 is 5.96 Å². The summed E-state index contributed by atoms with van der Waals surface area (Å²) in [6.45, 7) is -0.350. The summed E-state index contributed by atoms with van der Waals surface area (Å²) in [6.07, 6.45) is -5.70. The third-order valence-electron chi connectivity index (χ3n) is 2.30. The predicted molar refractivity (Wildman–Crippen MR) is 61.4 cm³/mol. The number of alkyl halides is 3. The van der Waals surface area contributed by atoms with Crippen LogP contribution >= 0.6 is 0 Å². The fraction of sp³-hybridized carbons (Fsp3) is 0.600. The Morgan fingerprint density at radius 2 is 2.32 bits per heavy atom. The molecule has 0 aliphatic rings. The zero-order valence-electron chi connectivity index (χ0n) is 10.5. The highest BCUT2D eigenvalue weighted by molar-refractivity contribution is 5.79. The fourth-order valence-corrected chi connectivity index (χ4v) is 1.33. The lowest BCUT2D eigenvalue weighted by Gasteiger charge is -2.23. The lowest BCUT2D eigenvalue weighted by molar-refractivity contribution is -0.201. The van der Waals surface area contributed by atoms with E-state index in [1.807, 2.05) is 0 Å². The number of aromatic nitrogens is 1. The first-order valence-electron chi connectivity index (χ1n) is 5.40. The zero-order chi connectivity index (χ0) is 14.5. The van der Waals surface area contributed by atoms with Gasteiger partial charge in [-0.2, -0.15) is 13.2 Å². The van der Waals surface area contributed by atoms with Crippen molar-refractivity contribution in [1.82, 2.24) is 15.4 Å². The molecule has 0 fully saturated rings. The summed E-state index contributed by atoms with van der Waals surface area (Å²) < 4.78 is 41.1. The smallest absolute Gasteiger partial charge is 0.382 e.